The normalized spacial score (nSPS) is 14.5. The first kappa shape index (κ1) is 23.0. The van der Waals surface area contributed by atoms with E-state index in [9.17, 15) is 9.59 Å². The Bertz CT molecular complexity index is 1070. The van der Waals surface area contributed by atoms with Gasteiger partial charge in [-0.05, 0) is 60.0 Å². The van der Waals surface area contributed by atoms with Crippen LogP contribution in [-0.2, 0) is 17.9 Å². The lowest BCUT2D eigenvalue weighted by Gasteiger charge is -2.19. The van der Waals surface area contributed by atoms with E-state index in [4.69, 9.17) is 0 Å². The van der Waals surface area contributed by atoms with Crippen LogP contribution in [0.25, 0.3) is 10.8 Å². The van der Waals surface area contributed by atoms with Crippen LogP contribution in [0.3, 0.4) is 0 Å². The minimum Gasteiger partial charge on any atom is -0.352 e. The van der Waals surface area contributed by atoms with Crippen LogP contribution in [0.2, 0.25) is 0 Å². The summed E-state index contributed by atoms with van der Waals surface area (Å²) in [4.78, 5) is 27.1. The molecule has 3 aromatic rings. The van der Waals surface area contributed by atoms with E-state index in [1.807, 2.05) is 42.5 Å². The Balaban J connectivity index is 1.17. The van der Waals surface area contributed by atoms with Crippen LogP contribution in [0.1, 0.15) is 53.6 Å². The highest BCUT2D eigenvalue weighted by Gasteiger charge is 2.10. The zero-order chi connectivity index (χ0) is 22.9. The molecule has 0 atom stereocenters. The monoisotopic (exact) mass is 443 g/mol. The summed E-state index contributed by atoms with van der Waals surface area (Å²) in [6, 6.07) is 22.1. The largest absolute Gasteiger partial charge is 0.352 e. The summed E-state index contributed by atoms with van der Waals surface area (Å²) in [6.07, 6.45) is 5.55. The van der Waals surface area contributed by atoms with Crippen LogP contribution in [-0.4, -0.2) is 36.3 Å². The van der Waals surface area contributed by atoms with Gasteiger partial charge in [0.25, 0.3) is 5.91 Å². The van der Waals surface area contributed by atoms with Gasteiger partial charge in [0.15, 0.2) is 0 Å². The standard InChI is InChI=1S/C28H33N3O2/c32-27(15-16-29-28(33)26-14-13-24-7-3-4-8-25(24)19-26)30-20-22-9-11-23(12-10-22)21-31-17-5-1-2-6-18-31/h3-4,7-14,19H,1-2,5-6,15-18,20-21H2,(H,29,33)(H,30,32). The fraction of sp³-hybridized carbons (Fsp3) is 0.357. The maximum Gasteiger partial charge on any atom is 0.251 e. The number of likely N-dealkylation sites (tertiary alicyclic amines) is 1. The van der Waals surface area contributed by atoms with Crippen molar-refractivity contribution in [3.05, 3.63) is 83.4 Å². The number of rotatable bonds is 8. The first-order valence-corrected chi connectivity index (χ1v) is 12.0. The molecule has 0 bridgehead atoms. The number of carbonyl (C=O) groups is 2. The van der Waals surface area contributed by atoms with Crippen LogP contribution in [0.5, 0.6) is 0 Å². The Morgan fingerprint density at radius 1 is 0.758 bits per heavy atom. The van der Waals surface area contributed by atoms with E-state index in [0.717, 1.165) is 22.9 Å². The second kappa shape index (κ2) is 11.6. The lowest BCUT2D eigenvalue weighted by atomic mass is 10.1. The van der Waals surface area contributed by atoms with Crippen LogP contribution in [0.15, 0.2) is 66.7 Å². The van der Waals surface area contributed by atoms with Gasteiger partial charge in [-0.25, -0.2) is 0 Å². The highest BCUT2D eigenvalue weighted by Crippen LogP contribution is 2.16. The molecule has 0 aromatic heterocycles. The van der Waals surface area contributed by atoms with Crippen molar-refractivity contribution in [3.8, 4) is 0 Å². The maximum absolute atomic E-state index is 12.4. The van der Waals surface area contributed by atoms with Crippen molar-refractivity contribution < 1.29 is 9.59 Å². The molecule has 1 saturated heterocycles. The third kappa shape index (κ3) is 6.90. The predicted octanol–water partition coefficient (Wildman–Crippen LogP) is 4.65. The number of nitrogens with one attached hydrogen (secondary N) is 2. The minimum atomic E-state index is -0.159. The third-order valence-electron chi connectivity index (χ3n) is 6.27. The molecule has 2 amide bonds. The second-order valence-electron chi connectivity index (χ2n) is 8.85. The van der Waals surface area contributed by atoms with E-state index < -0.39 is 0 Å². The van der Waals surface area contributed by atoms with Gasteiger partial charge >= 0.3 is 0 Å². The molecule has 1 aliphatic rings. The topological polar surface area (TPSA) is 61.4 Å². The molecule has 5 nitrogen and oxygen atoms in total. The summed E-state index contributed by atoms with van der Waals surface area (Å²) in [5.74, 6) is -0.226. The molecular weight excluding hydrogens is 410 g/mol. The Hall–Kier alpha value is -3.18. The van der Waals surface area contributed by atoms with Crippen LogP contribution < -0.4 is 10.6 Å². The Morgan fingerprint density at radius 2 is 1.45 bits per heavy atom. The lowest BCUT2D eigenvalue weighted by Crippen LogP contribution is -2.30. The number of nitrogens with zero attached hydrogens (tertiary/aromatic N) is 1. The Kier molecular flexibility index (Phi) is 8.09. The molecule has 1 heterocycles. The average molecular weight is 444 g/mol. The fourth-order valence-corrected chi connectivity index (χ4v) is 4.33. The Morgan fingerprint density at radius 3 is 2.21 bits per heavy atom. The zero-order valence-electron chi connectivity index (χ0n) is 19.2. The van der Waals surface area contributed by atoms with Crippen molar-refractivity contribution in [3.63, 3.8) is 0 Å². The number of amides is 2. The highest BCUT2D eigenvalue weighted by molar-refractivity contribution is 5.98. The van der Waals surface area contributed by atoms with Crippen molar-refractivity contribution in [2.24, 2.45) is 0 Å². The summed E-state index contributed by atoms with van der Waals surface area (Å²) in [6.45, 7) is 4.20. The molecule has 2 N–H and O–H groups in total. The van der Waals surface area contributed by atoms with E-state index in [2.05, 4.69) is 39.8 Å². The maximum atomic E-state index is 12.4. The molecule has 4 rings (SSSR count). The summed E-state index contributed by atoms with van der Waals surface area (Å²) >= 11 is 0. The van der Waals surface area contributed by atoms with Crippen molar-refractivity contribution in [1.29, 1.82) is 0 Å². The molecule has 0 radical (unpaired) electrons. The van der Waals surface area contributed by atoms with Gasteiger partial charge < -0.3 is 10.6 Å². The van der Waals surface area contributed by atoms with Gasteiger partial charge in [0.2, 0.25) is 5.91 Å². The highest BCUT2D eigenvalue weighted by atomic mass is 16.2. The molecule has 0 aliphatic carbocycles. The zero-order valence-corrected chi connectivity index (χ0v) is 19.2. The van der Waals surface area contributed by atoms with Gasteiger partial charge in [0, 0.05) is 31.6 Å². The van der Waals surface area contributed by atoms with Gasteiger partial charge in [0.1, 0.15) is 0 Å². The quantitative estimate of drug-likeness (QED) is 0.533. The van der Waals surface area contributed by atoms with Crippen LogP contribution >= 0.6 is 0 Å². The van der Waals surface area contributed by atoms with Gasteiger partial charge in [-0.3, -0.25) is 14.5 Å². The molecule has 0 spiro atoms. The molecule has 33 heavy (non-hydrogen) atoms. The molecule has 172 valence electrons. The molecule has 1 aliphatic heterocycles. The SMILES string of the molecule is O=C(CCNC(=O)c1ccc2ccccc2c1)NCc1ccc(CN2CCCCCC2)cc1. The van der Waals surface area contributed by atoms with Gasteiger partial charge in [-0.1, -0.05) is 67.4 Å². The summed E-state index contributed by atoms with van der Waals surface area (Å²) < 4.78 is 0. The predicted molar refractivity (Wildman–Crippen MR) is 133 cm³/mol. The first-order valence-electron chi connectivity index (χ1n) is 12.0. The smallest absolute Gasteiger partial charge is 0.251 e. The first-order chi connectivity index (χ1) is 16.2. The third-order valence-corrected chi connectivity index (χ3v) is 6.27. The minimum absolute atomic E-state index is 0.0672. The fourth-order valence-electron chi connectivity index (χ4n) is 4.33. The van der Waals surface area contributed by atoms with Gasteiger partial charge in [-0.2, -0.15) is 0 Å². The van der Waals surface area contributed by atoms with E-state index in [0.29, 0.717) is 18.7 Å². The molecule has 1 fully saturated rings. The van der Waals surface area contributed by atoms with E-state index in [1.165, 1.54) is 44.3 Å². The molecule has 5 heteroatoms. The van der Waals surface area contributed by atoms with Crippen molar-refractivity contribution >= 4 is 22.6 Å². The molecule has 0 unspecified atom stereocenters. The van der Waals surface area contributed by atoms with E-state index >= 15 is 0 Å². The van der Waals surface area contributed by atoms with Crippen LogP contribution in [0.4, 0.5) is 0 Å². The number of benzene rings is 3. The summed E-state index contributed by atoms with van der Waals surface area (Å²) in [7, 11) is 0. The van der Waals surface area contributed by atoms with E-state index in [-0.39, 0.29) is 18.2 Å². The van der Waals surface area contributed by atoms with Crippen molar-refractivity contribution in [2.45, 2.75) is 45.2 Å². The molecule has 3 aromatic carbocycles. The molecular formula is C28H33N3O2. The van der Waals surface area contributed by atoms with Gasteiger partial charge in [0.05, 0.1) is 0 Å². The summed E-state index contributed by atoms with van der Waals surface area (Å²) in [5.41, 5.74) is 3.01. The van der Waals surface area contributed by atoms with Crippen molar-refractivity contribution in [2.75, 3.05) is 19.6 Å². The number of hydrogen-bond donors (Lipinski definition) is 2. The number of carbonyl (C=O) groups excluding carboxylic acids is 2. The van der Waals surface area contributed by atoms with Crippen molar-refractivity contribution in [1.82, 2.24) is 15.5 Å². The lowest BCUT2D eigenvalue weighted by molar-refractivity contribution is -0.121. The van der Waals surface area contributed by atoms with Gasteiger partial charge in [-0.15, -0.1) is 0 Å². The van der Waals surface area contributed by atoms with Crippen LogP contribution in [0, 0.1) is 0 Å². The summed E-state index contributed by atoms with van der Waals surface area (Å²) in [5, 5.41) is 7.91. The van der Waals surface area contributed by atoms with E-state index in [1.54, 1.807) is 0 Å². The molecule has 0 saturated carbocycles. The Labute approximate surface area is 196 Å². The average Bonchev–Trinajstić information content (AvgIpc) is 3.12. The number of fused-ring (bicyclic) bond motifs is 1. The number of hydrogen-bond acceptors (Lipinski definition) is 3. The second-order valence-corrected chi connectivity index (χ2v) is 8.85.